The third-order valence-electron chi connectivity index (χ3n) is 2.93. The number of aryl methyl sites for hydroxylation is 1. The van der Waals surface area contributed by atoms with Crippen molar-refractivity contribution in [2.75, 3.05) is 12.4 Å². The van der Waals surface area contributed by atoms with Gasteiger partial charge in [-0.05, 0) is 50.5 Å². The van der Waals surface area contributed by atoms with Crippen LogP contribution in [0.1, 0.15) is 25.0 Å². The molecule has 100 valence electrons. The average molecular weight is 272 g/mol. The van der Waals surface area contributed by atoms with Crippen molar-refractivity contribution in [3.05, 3.63) is 35.1 Å². The third kappa shape index (κ3) is 3.98. The van der Waals surface area contributed by atoms with Crippen LogP contribution in [0.2, 0.25) is 0 Å². The van der Waals surface area contributed by atoms with E-state index in [1.165, 1.54) is 12.1 Å². The van der Waals surface area contributed by atoms with Crippen LogP contribution in [0.15, 0.2) is 18.2 Å². The first kappa shape index (κ1) is 15.0. The molecule has 0 spiro atoms. The fraction of sp³-hybridized carbons (Fsp3) is 0.500. The zero-order valence-corrected chi connectivity index (χ0v) is 11.8. The Balaban J connectivity index is 2.50. The Bertz CT molecular complexity index is 432. The number of nitrogens with one attached hydrogen (secondary N) is 1. The van der Waals surface area contributed by atoms with Crippen LogP contribution in [0.4, 0.5) is 4.39 Å². The van der Waals surface area contributed by atoms with Crippen LogP contribution in [-0.4, -0.2) is 18.3 Å². The second kappa shape index (κ2) is 6.19. The monoisotopic (exact) mass is 271 g/mol. The summed E-state index contributed by atoms with van der Waals surface area (Å²) < 4.78 is 12.9. The predicted octanol–water partition coefficient (Wildman–Crippen LogP) is 3.06. The Kier molecular flexibility index (Phi) is 5.15. The molecule has 0 saturated carbocycles. The van der Waals surface area contributed by atoms with Gasteiger partial charge in [-0.15, -0.1) is 11.6 Å². The minimum atomic E-state index is -0.556. The van der Waals surface area contributed by atoms with Gasteiger partial charge in [0.1, 0.15) is 5.82 Å². The van der Waals surface area contributed by atoms with Crippen molar-refractivity contribution in [1.29, 1.82) is 0 Å². The van der Waals surface area contributed by atoms with Crippen molar-refractivity contribution in [2.45, 2.75) is 27.2 Å². The van der Waals surface area contributed by atoms with E-state index in [-0.39, 0.29) is 17.6 Å². The van der Waals surface area contributed by atoms with E-state index < -0.39 is 5.41 Å². The molecule has 0 bridgehead atoms. The highest BCUT2D eigenvalue weighted by Gasteiger charge is 2.25. The molecule has 2 nitrogen and oxygen atoms in total. The van der Waals surface area contributed by atoms with Crippen LogP contribution >= 0.6 is 11.6 Å². The quantitative estimate of drug-likeness (QED) is 0.820. The molecule has 0 saturated heterocycles. The minimum absolute atomic E-state index is 0.0581. The van der Waals surface area contributed by atoms with E-state index in [1.54, 1.807) is 19.9 Å². The molecule has 0 fully saturated rings. The summed E-state index contributed by atoms with van der Waals surface area (Å²) in [6.45, 7) is 6.01. The van der Waals surface area contributed by atoms with Crippen LogP contribution in [0, 0.1) is 18.2 Å². The zero-order valence-electron chi connectivity index (χ0n) is 11.0. The number of benzene rings is 1. The van der Waals surface area contributed by atoms with Crippen LogP contribution in [-0.2, 0) is 11.2 Å². The highest BCUT2D eigenvalue weighted by Crippen LogP contribution is 2.17. The van der Waals surface area contributed by atoms with Crippen LogP contribution in [0.5, 0.6) is 0 Å². The van der Waals surface area contributed by atoms with Crippen LogP contribution < -0.4 is 5.32 Å². The third-order valence-corrected chi connectivity index (χ3v) is 3.60. The fourth-order valence-corrected chi connectivity index (χ4v) is 1.67. The summed E-state index contributed by atoms with van der Waals surface area (Å²) in [7, 11) is 0. The van der Waals surface area contributed by atoms with Gasteiger partial charge in [0, 0.05) is 12.4 Å². The molecule has 0 unspecified atom stereocenters. The largest absolute Gasteiger partial charge is 0.355 e. The number of hydrogen-bond acceptors (Lipinski definition) is 1. The van der Waals surface area contributed by atoms with Gasteiger partial charge in [0.05, 0.1) is 5.41 Å². The number of hydrogen-bond donors (Lipinski definition) is 1. The minimum Gasteiger partial charge on any atom is -0.355 e. The van der Waals surface area contributed by atoms with E-state index in [4.69, 9.17) is 11.6 Å². The summed E-state index contributed by atoms with van der Waals surface area (Å²) in [5.74, 6) is -0.00478. The summed E-state index contributed by atoms with van der Waals surface area (Å²) in [4.78, 5) is 11.8. The maximum atomic E-state index is 12.9. The van der Waals surface area contributed by atoms with E-state index in [9.17, 15) is 9.18 Å². The van der Waals surface area contributed by atoms with Gasteiger partial charge in [0.15, 0.2) is 0 Å². The van der Waals surface area contributed by atoms with E-state index in [2.05, 4.69) is 5.32 Å². The maximum Gasteiger partial charge on any atom is 0.226 e. The molecular formula is C14H19ClFNO. The number of halogens is 2. The molecule has 0 aromatic heterocycles. The van der Waals surface area contributed by atoms with Gasteiger partial charge in [-0.2, -0.15) is 0 Å². The molecule has 1 aromatic carbocycles. The molecule has 1 N–H and O–H groups in total. The lowest BCUT2D eigenvalue weighted by molar-refractivity contribution is -0.128. The van der Waals surface area contributed by atoms with Crippen molar-refractivity contribution < 1.29 is 9.18 Å². The highest BCUT2D eigenvalue weighted by atomic mass is 35.5. The first-order chi connectivity index (χ1) is 8.36. The van der Waals surface area contributed by atoms with Gasteiger partial charge in [-0.3, -0.25) is 4.79 Å². The Morgan fingerprint density at radius 1 is 1.44 bits per heavy atom. The second-order valence-electron chi connectivity index (χ2n) is 5.09. The van der Waals surface area contributed by atoms with Crippen LogP contribution in [0.3, 0.4) is 0 Å². The van der Waals surface area contributed by atoms with Gasteiger partial charge in [0.25, 0.3) is 0 Å². The lowest BCUT2D eigenvalue weighted by Gasteiger charge is -2.20. The normalized spacial score (nSPS) is 11.4. The topological polar surface area (TPSA) is 29.1 Å². The van der Waals surface area contributed by atoms with Crippen LogP contribution in [0.25, 0.3) is 0 Å². The van der Waals surface area contributed by atoms with E-state index in [0.29, 0.717) is 13.0 Å². The molecule has 0 radical (unpaired) electrons. The maximum absolute atomic E-state index is 12.9. The molecule has 1 amide bonds. The van der Waals surface area contributed by atoms with E-state index >= 15 is 0 Å². The first-order valence-corrected chi connectivity index (χ1v) is 6.49. The molecule has 0 atom stereocenters. The molecule has 18 heavy (non-hydrogen) atoms. The smallest absolute Gasteiger partial charge is 0.226 e. The van der Waals surface area contributed by atoms with Gasteiger partial charge < -0.3 is 5.32 Å². The van der Waals surface area contributed by atoms with Crippen molar-refractivity contribution >= 4 is 17.5 Å². The number of carbonyl (C=O) groups is 1. The Labute approximate surface area is 113 Å². The van der Waals surface area contributed by atoms with Crippen molar-refractivity contribution in [3.63, 3.8) is 0 Å². The Morgan fingerprint density at radius 2 is 2.11 bits per heavy atom. The number of amides is 1. The number of rotatable bonds is 5. The molecule has 1 rings (SSSR count). The summed E-state index contributed by atoms with van der Waals surface area (Å²) in [6.07, 6.45) is 0.691. The molecule has 0 aliphatic rings. The standard InChI is InChI=1S/C14H19ClFNO/c1-10-8-12(16)5-4-11(10)6-7-17-13(18)14(2,3)9-15/h4-5,8H,6-7,9H2,1-3H3,(H,17,18). The summed E-state index contributed by atoms with van der Waals surface area (Å²) in [5, 5.41) is 2.85. The number of alkyl halides is 1. The van der Waals surface area contributed by atoms with E-state index in [0.717, 1.165) is 11.1 Å². The molecular weight excluding hydrogens is 253 g/mol. The molecule has 0 aliphatic heterocycles. The fourth-order valence-electron chi connectivity index (χ4n) is 1.55. The highest BCUT2D eigenvalue weighted by molar-refractivity contribution is 6.19. The lowest BCUT2D eigenvalue weighted by Crippen LogP contribution is -2.39. The molecule has 4 heteroatoms. The van der Waals surface area contributed by atoms with Crippen molar-refractivity contribution in [2.24, 2.45) is 5.41 Å². The molecule has 0 heterocycles. The zero-order chi connectivity index (χ0) is 13.8. The van der Waals surface area contributed by atoms with Crippen molar-refractivity contribution in [1.82, 2.24) is 5.32 Å². The predicted molar refractivity (Wildman–Crippen MR) is 72.4 cm³/mol. The van der Waals surface area contributed by atoms with Gasteiger partial charge in [0.2, 0.25) is 5.91 Å². The second-order valence-corrected chi connectivity index (χ2v) is 5.36. The van der Waals surface area contributed by atoms with Gasteiger partial charge in [-0.1, -0.05) is 6.07 Å². The summed E-state index contributed by atoms with van der Waals surface area (Å²) in [5.41, 5.74) is 1.39. The van der Waals surface area contributed by atoms with Gasteiger partial charge in [-0.25, -0.2) is 4.39 Å². The summed E-state index contributed by atoms with van der Waals surface area (Å²) >= 11 is 5.72. The summed E-state index contributed by atoms with van der Waals surface area (Å²) in [6, 6.07) is 4.69. The number of carbonyl (C=O) groups excluding carboxylic acids is 1. The SMILES string of the molecule is Cc1cc(F)ccc1CCNC(=O)C(C)(C)CCl. The lowest BCUT2D eigenvalue weighted by atomic mass is 9.95. The molecule has 0 aliphatic carbocycles. The first-order valence-electron chi connectivity index (χ1n) is 5.96. The molecule has 1 aromatic rings. The van der Waals surface area contributed by atoms with Gasteiger partial charge >= 0.3 is 0 Å². The average Bonchev–Trinajstić information content (AvgIpc) is 2.31. The Morgan fingerprint density at radius 3 is 2.67 bits per heavy atom. The van der Waals surface area contributed by atoms with Crippen molar-refractivity contribution in [3.8, 4) is 0 Å². The Hall–Kier alpha value is -1.09. The van der Waals surface area contributed by atoms with E-state index in [1.807, 2.05) is 6.92 Å².